The molecule has 0 aliphatic rings. The average molecular weight is 262 g/mol. The number of rotatable bonds is 5. The van der Waals surface area contributed by atoms with Gasteiger partial charge in [-0.25, -0.2) is 4.79 Å². The van der Waals surface area contributed by atoms with E-state index in [0.29, 0.717) is 6.42 Å². The number of aromatic carboxylic acids is 1. The topological polar surface area (TPSA) is 73.1 Å². The smallest absolute Gasteiger partial charge is 0.335 e. The van der Waals surface area contributed by atoms with E-state index in [9.17, 15) is 4.79 Å². The summed E-state index contributed by atoms with van der Waals surface area (Å²) in [5.74, 6) is -0.962. The molecule has 1 aromatic carbocycles. The van der Waals surface area contributed by atoms with Crippen LogP contribution in [0.5, 0.6) is 0 Å². The van der Waals surface area contributed by atoms with Crippen molar-refractivity contribution in [1.82, 2.24) is 5.32 Å². The monoisotopic (exact) mass is 262 g/mol. The van der Waals surface area contributed by atoms with Gasteiger partial charge in [0.05, 0.1) is 11.6 Å². The van der Waals surface area contributed by atoms with E-state index in [0.717, 1.165) is 18.7 Å². The number of nitrogens with one attached hydrogen (secondary N) is 1. The Bertz CT molecular complexity index is 405. The van der Waals surface area contributed by atoms with Crippen LogP contribution in [0.25, 0.3) is 0 Å². The van der Waals surface area contributed by atoms with E-state index in [1.54, 1.807) is 24.3 Å². The summed E-state index contributed by atoms with van der Waals surface area (Å²) >= 11 is 0. The van der Waals surface area contributed by atoms with Crippen molar-refractivity contribution in [3.63, 3.8) is 0 Å². The minimum Gasteiger partial charge on any atom is -0.478 e. The van der Waals surface area contributed by atoms with Crippen LogP contribution in [0.15, 0.2) is 24.3 Å². The summed E-state index contributed by atoms with van der Waals surface area (Å²) in [6.07, 6.45) is 0.663. The predicted octanol–water partition coefficient (Wildman–Crippen LogP) is 2.70. The SMILES string of the molecule is CC(C#N)Cc1ccc(C(=O)O)cc1.CCNCC. The Morgan fingerprint density at radius 3 is 2.16 bits per heavy atom. The van der Waals surface area contributed by atoms with Gasteiger partial charge in [0, 0.05) is 5.92 Å². The minimum absolute atomic E-state index is 0.0364. The van der Waals surface area contributed by atoms with Crippen molar-refractivity contribution in [1.29, 1.82) is 5.26 Å². The van der Waals surface area contributed by atoms with Crippen LogP contribution < -0.4 is 5.32 Å². The lowest BCUT2D eigenvalue weighted by Crippen LogP contribution is -2.09. The number of benzene rings is 1. The van der Waals surface area contributed by atoms with Crippen LogP contribution in [-0.4, -0.2) is 24.2 Å². The standard InChI is InChI=1S/C11H11NO2.C4H11N/c1-8(7-12)6-9-2-4-10(5-3-9)11(13)14;1-3-5-4-2/h2-5,8H,6H2,1H3,(H,13,14);5H,3-4H2,1-2H3. The fraction of sp³-hybridized carbons (Fsp3) is 0.467. The third-order valence-electron chi connectivity index (χ3n) is 2.46. The zero-order valence-electron chi connectivity index (χ0n) is 11.8. The lowest BCUT2D eigenvalue weighted by atomic mass is 10.0. The zero-order chi connectivity index (χ0) is 14.7. The number of hydrogen-bond donors (Lipinski definition) is 2. The molecule has 0 spiro atoms. The van der Waals surface area contributed by atoms with Crippen LogP contribution in [0.2, 0.25) is 0 Å². The number of nitriles is 1. The maximum Gasteiger partial charge on any atom is 0.335 e. The van der Waals surface area contributed by atoms with Gasteiger partial charge < -0.3 is 10.4 Å². The van der Waals surface area contributed by atoms with E-state index in [1.165, 1.54) is 0 Å². The van der Waals surface area contributed by atoms with Gasteiger partial charge in [0.25, 0.3) is 0 Å². The Hall–Kier alpha value is -1.86. The molecule has 0 aliphatic carbocycles. The van der Waals surface area contributed by atoms with E-state index < -0.39 is 5.97 Å². The lowest BCUT2D eigenvalue weighted by molar-refractivity contribution is 0.0697. The summed E-state index contributed by atoms with van der Waals surface area (Å²) in [5, 5.41) is 20.4. The molecule has 0 heterocycles. The number of carboxylic acid groups (broad SMARTS) is 1. The van der Waals surface area contributed by atoms with Crippen molar-refractivity contribution in [2.24, 2.45) is 5.92 Å². The molecule has 0 aromatic heterocycles. The molecule has 0 aliphatic heterocycles. The summed E-state index contributed by atoms with van der Waals surface area (Å²) < 4.78 is 0. The highest BCUT2D eigenvalue weighted by atomic mass is 16.4. The fourth-order valence-electron chi connectivity index (χ4n) is 1.43. The van der Waals surface area contributed by atoms with Crippen LogP contribution in [0.4, 0.5) is 0 Å². The maximum absolute atomic E-state index is 10.5. The van der Waals surface area contributed by atoms with E-state index in [2.05, 4.69) is 25.2 Å². The van der Waals surface area contributed by atoms with Crippen molar-refractivity contribution in [3.05, 3.63) is 35.4 Å². The highest BCUT2D eigenvalue weighted by Crippen LogP contribution is 2.09. The number of carboxylic acids is 1. The Kier molecular flexibility index (Phi) is 9.11. The molecule has 1 atom stereocenters. The normalized spacial score (nSPS) is 10.8. The molecular weight excluding hydrogens is 240 g/mol. The molecule has 4 nitrogen and oxygen atoms in total. The van der Waals surface area contributed by atoms with Crippen molar-refractivity contribution in [2.45, 2.75) is 27.2 Å². The third kappa shape index (κ3) is 7.96. The highest BCUT2D eigenvalue weighted by Gasteiger charge is 2.04. The van der Waals surface area contributed by atoms with Crippen LogP contribution in [-0.2, 0) is 6.42 Å². The van der Waals surface area contributed by atoms with Gasteiger partial charge in [0.1, 0.15) is 0 Å². The first-order valence-corrected chi connectivity index (χ1v) is 6.47. The Labute approximate surface area is 115 Å². The largest absolute Gasteiger partial charge is 0.478 e. The van der Waals surface area contributed by atoms with Crippen molar-refractivity contribution in [2.75, 3.05) is 13.1 Å². The van der Waals surface area contributed by atoms with Gasteiger partial charge in [-0.3, -0.25) is 0 Å². The van der Waals surface area contributed by atoms with E-state index in [-0.39, 0.29) is 11.5 Å². The molecule has 1 rings (SSSR count). The summed E-state index contributed by atoms with van der Waals surface area (Å²) in [6, 6.07) is 8.74. The molecule has 0 amide bonds. The molecule has 104 valence electrons. The number of carbonyl (C=O) groups is 1. The van der Waals surface area contributed by atoms with E-state index in [4.69, 9.17) is 10.4 Å². The Morgan fingerprint density at radius 1 is 1.32 bits per heavy atom. The molecule has 1 aromatic rings. The summed E-state index contributed by atoms with van der Waals surface area (Å²) in [5.41, 5.74) is 1.27. The molecule has 0 fully saturated rings. The van der Waals surface area contributed by atoms with Gasteiger partial charge in [-0.15, -0.1) is 0 Å². The van der Waals surface area contributed by atoms with Crippen molar-refractivity contribution >= 4 is 5.97 Å². The van der Waals surface area contributed by atoms with Crippen LogP contribution >= 0.6 is 0 Å². The zero-order valence-corrected chi connectivity index (χ0v) is 11.8. The molecule has 0 saturated heterocycles. The molecule has 4 heteroatoms. The number of hydrogen-bond acceptors (Lipinski definition) is 3. The summed E-state index contributed by atoms with van der Waals surface area (Å²) in [6.45, 7) is 8.23. The van der Waals surface area contributed by atoms with Crippen LogP contribution in [0.1, 0.15) is 36.7 Å². The summed E-state index contributed by atoms with van der Waals surface area (Å²) in [4.78, 5) is 10.5. The van der Waals surface area contributed by atoms with Crippen LogP contribution in [0, 0.1) is 17.2 Å². The Balaban J connectivity index is 0.000000555. The van der Waals surface area contributed by atoms with Crippen LogP contribution in [0.3, 0.4) is 0 Å². The van der Waals surface area contributed by atoms with Gasteiger partial charge in [0.2, 0.25) is 0 Å². The van der Waals surface area contributed by atoms with E-state index >= 15 is 0 Å². The second-order valence-electron chi connectivity index (χ2n) is 4.19. The molecule has 0 bridgehead atoms. The summed E-state index contributed by atoms with van der Waals surface area (Å²) in [7, 11) is 0. The van der Waals surface area contributed by atoms with Crippen molar-refractivity contribution in [3.8, 4) is 6.07 Å². The highest BCUT2D eigenvalue weighted by molar-refractivity contribution is 5.87. The molecule has 1 unspecified atom stereocenters. The molecule has 0 radical (unpaired) electrons. The second-order valence-corrected chi connectivity index (χ2v) is 4.19. The van der Waals surface area contributed by atoms with E-state index in [1.807, 2.05) is 6.92 Å². The first-order chi connectivity index (χ1) is 9.04. The predicted molar refractivity (Wildman–Crippen MR) is 76.1 cm³/mol. The van der Waals surface area contributed by atoms with Gasteiger partial charge >= 0.3 is 5.97 Å². The molecule has 19 heavy (non-hydrogen) atoms. The van der Waals surface area contributed by atoms with Gasteiger partial charge in [-0.05, 0) is 44.1 Å². The molecule has 2 N–H and O–H groups in total. The van der Waals surface area contributed by atoms with Gasteiger partial charge in [0.15, 0.2) is 0 Å². The molecule has 0 saturated carbocycles. The maximum atomic E-state index is 10.5. The quantitative estimate of drug-likeness (QED) is 0.855. The first-order valence-electron chi connectivity index (χ1n) is 6.47. The fourth-order valence-corrected chi connectivity index (χ4v) is 1.43. The van der Waals surface area contributed by atoms with Gasteiger partial charge in [-0.2, -0.15) is 5.26 Å². The lowest BCUT2D eigenvalue weighted by Gasteiger charge is -2.02. The third-order valence-corrected chi connectivity index (χ3v) is 2.46. The minimum atomic E-state index is -0.926. The van der Waals surface area contributed by atoms with Gasteiger partial charge in [-0.1, -0.05) is 26.0 Å². The average Bonchev–Trinajstić information content (AvgIpc) is 2.41. The Morgan fingerprint density at radius 2 is 1.84 bits per heavy atom. The van der Waals surface area contributed by atoms with Crippen molar-refractivity contribution < 1.29 is 9.90 Å². The second kappa shape index (κ2) is 10.1. The molecular formula is C15H22N2O2. The number of nitrogens with zero attached hydrogens (tertiary/aromatic N) is 1. The first kappa shape index (κ1) is 17.1.